The molecule has 0 atom stereocenters. The third-order valence-electron chi connectivity index (χ3n) is 2.83. The zero-order valence-corrected chi connectivity index (χ0v) is 10.5. The molecule has 100 valence electrons. The van der Waals surface area contributed by atoms with Gasteiger partial charge in [0.05, 0.1) is 0 Å². The van der Waals surface area contributed by atoms with E-state index >= 15 is 0 Å². The molecule has 0 saturated carbocycles. The van der Waals surface area contributed by atoms with Gasteiger partial charge >= 0.3 is 6.36 Å². The molecule has 0 amide bonds. The van der Waals surface area contributed by atoms with Crippen LogP contribution in [0, 0.1) is 0 Å². The standard InChI is InChI=1S/C13H15F3O2/c1-4-8-5-10(17-13(14,15)16)6-9-7-12(2,3)18-11(8)9/h5-6H,4,7H2,1-3H3. The van der Waals surface area contributed by atoms with Crippen LogP contribution in [0.5, 0.6) is 11.5 Å². The Morgan fingerprint density at radius 1 is 1.33 bits per heavy atom. The number of hydrogen-bond acceptors (Lipinski definition) is 2. The molecule has 0 bridgehead atoms. The van der Waals surface area contributed by atoms with Gasteiger partial charge in [-0.3, -0.25) is 0 Å². The molecule has 0 aliphatic carbocycles. The average Bonchev–Trinajstić information content (AvgIpc) is 2.48. The largest absolute Gasteiger partial charge is 0.573 e. The Morgan fingerprint density at radius 2 is 2.00 bits per heavy atom. The van der Waals surface area contributed by atoms with Gasteiger partial charge in [0.25, 0.3) is 0 Å². The third kappa shape index (κ3) is 2.71. The fourth-order valence-corrected chi connectivity index (χ4v) is 2.21. The van der Waals surface area contributed by atoms with Crippen molar-refractivity contribution in [1.82, 2.24) is 0 Å². The smallest absolute Gasteiger partial charge is 0.487 e. The molecule has 5 heteroatoms. The van der Waals surface area contributed by atoms with Crippen LogP contribution in [-0.2, 0) is 12.8 Å². The highest BCUT2D eigenvalue weighted by Crippen LogP contribution is 2.41. The molecule has 1 aliphatic rings. The highest BCUT2D eigenvalue weighted by atomic mass is 19.4. The second-order valence-electron chi connectivity index (χ2n) is 5.01. The highest BCUT2D eigenvalue weighted by molar-refractivity contribution is 5.50. The number of benzene rings is 1. The molecule has 1 aromatic rings. The molecule has 0 radical (unpaired) electrons. The summed E-state index contributed by atoms with van der Waals surface area (Å²) in [6.07, 6.45) is -3.47. The SMILES string of the molecule is CCc1cc(OC(F)(F)F)cc2c1OC(C)(C)C2. The quantitative estimate of drug-likeness (QED) is 0.803. The molecule has 2 nitrogen and oxygen atoms in total. The predicted molar refractivity (Wildman–Crippen MR) is 60.9 cm³/mol. The molecule has 1 heterocycles. The number of aryl methyl sites for hydroxylation is 1. The summed E-state index contributed by atoms with van der Waals surface area (Å²) in [4.78, 5) is 0. The fraction of sp³-hybridized carbons (Fsp3) is 0.538. The van der Waals surface area contributed by atoms with E-state index in [1.54, 1.807) is 0 Å². The van der Waals surface area contributed by atoms with Crippen molar-refractivity contribution in [2.45, 2.75) is 45.6 Å². The summed E-state index contributed by atoms with van der Waals surface area (Å²) >= 11 is 0. The zero-order chi connectivity index (χ0) is 13.6. The van der Waals surface area contributed by atoms with E-state index < -0.39 is 6.36 Å². The van der Waals surface area contributed by atoms with E-state index in [1.807, 2.05) is 20.8 Å². The van der Waals surface area contributed by atoms with Crippen molar-refractivity contribution in [2.24, 2.45) is 0 Å². The van der Waals surface area contributed by atoms with Crippen LogP contribution in [0.2, 0.25) is 0 Å². The molecule has 0 saturated heterocycles. The van der Waals surface area contributed by atoms with Gasteiger partial charge in [-0.1, -0.05) is 6.92 Å². The normalized spacial score (nSPS) is 17.2. The topological polar surface area (TPSA) is 18.5 Å². The fourth-order valence-electron chi connectivity index (χ4n) is 2.21. The number of alkyl halides is 3. The first-order chi connectivity index (χ1) is 8.20. The molecule has 0 fully saturated rings. The zero-order valence-electron chi connectivity index (χ0n) is 10.5. The van der Waals surface area contributed by atoms with Crippen molar-refractivity contribution in [3.8, 4) is 11.5 Å². The van der Waals surface area contributed by atoms with E-state index in [9.17, 15) is 13.2 Å². The van der Waals surface area contributed by atoms with Crippen molar-refractivity contribution in [1.29, 1.82) is 0 Å². The molecular weight excluding hydrogens is 245 g/mol. The number of fused-ring (bicyclic) bond motifs is 1. The average molecular weight is 260 g/mol. The lowest BCUT2D eigenvalue weighted by atomic mass is 9.99. The van der Waals surface area contributed by atoms with Gasteiger partial charge in [0.2, 0.25) is 0 Å². The summed E-state index contributed by atoms with van der Waals surface area (Å²) < 4.78 is 46.4. The van der Waals surface area contributed by atoms with Crippen molar-refractivity contribution in [2.75, 3.05) is 0 Å². The van der Waals surface area contributed by atoms with Crippen molar-refractivity contribution >= 4 is 0 Å². The first-order valence-corrected chi connectivity index (χ1v) is 5.81. The summed E-state index contributed by atoms with van der Waals surface area (Å²) in [6, 6.07) is 2.81. The molecular formula is C13H15F3O2. The Balaban J connectivity index is 2.38. The van der Waals surface area contributed by atoms with E-state index in [2.05, 4.69) is 4.74 Å². The number of hydrogen-bond donors (Lipinski definition) is 0. The molecule has 0 unspecified atom stereocenters. The molecule has 0 spiro atoms. The minimum absolute atomic E-state index is 0.167. The molecule has 1 aromatic carbocycles. The Labute approximate surface area is 104 Å². The van der Waals surface area contributed by atoms with Crippen LogP contribution >= 0.6 is 0 Å². The van der Waals surface area contributed by atoms with E-state index in [-0.39, 0.29) is 11.4 Å². The molecule has 1 aliphatic heterocycles. The lowest BCUT2D eigenvalue weighted by molar-refractivity contribution is -0.274. The first kappa shape index (κ1) is 13.1. The highest BCUT2D eigenvalue weighted by Gasteiger charge is 2.35. The van der Waals surface area contributed by atoms with Crippen molar-refractivity contribution < 1.29 is 22.6 Å². The summed E-state index contributed by atoms with van der Waals surface area (Å²) in [7, 11) is 0. The van der Waals surface area contributed by atoms with Crippen molar-refractivity contribution in [3.05, 3.63) is 23.3 Å². The van der Waals surface area contributed by atoms with Crippen LogP contribution < -0.4 is 9.47 Å². The first-order valence-electron chi connectivity index (χ1n) is 5.81. The summed E-state index contributed by atoms with van der Waals surface area (Å²) in [6.45, 7) is 5.70. The van der Waals surface area contributed by atoms with E-state index in [1.165, 1.54) is 12.1 Å². The van der Waals surface area contributed by atoms with E-state index in [0.717, 1.165) is 11.1 Å². The van der Waals surface area contributed by atoms with Gasteiger partial charge in [-0.2, -0.15) is 0 Å². The number of halogens is 3. The lowest BCUT2D eigenvalue weighted by Crippen LogP contribution is -2.24. The van der Waals surface area contributed by atoms with Crippen molar-refractivity contribution in [3.63, 3.8) is 0 Å². The van der Waals surface area contributed by atoms with E-state index in [0.29, 0.717) is 18.6 Å². The third-order valence-corrected chi connectivity index (χ3v) is 2.83. The molecule has 18 heavy (non-hydrogen) atoms. The van der Waals surface area contributed by atoms with Gasteiger partial charge in [0, 0.05) is 12.0 Å². The van der Waals surface area contributed by atoms with Gasteiger partial charge in [-0.05, 0) is 38.0 Å². The van der Waals surface area contributed by atoms with Gasteiger partial charge in [0.15, 0.2) is 0 Å². The van der Waals surface area contributed by atoms with Crippen LogP contribution in [-0.4, -0.2) is 12.0 Å². The summed E-state index contributed by atoms with van der Waals surface area (Å²) in [5.74, 6) is 0.538. The summed E-state index contributed by atoms with van der Waals surface area (Å²) in [5, 5.41) is 0. The minimum Gasteiger partial charge on any atom is -0.487 e. The molecule has 0 N–H and O–H groups in total. The maximum atomic E-state index is 12.2. The lowest BCUT2D eigenvalue weighted by Gasteiger charge is -2.18. The monoisotopic (exact) mass is 260 g/mol. The van der Waals surface area contributed by atoms with Crippen LogP contribution in [0.25, 0.3) is 0 Å². The predicted octanol–water partition coefficient (Wildman–Crippen LogP) is 3.86. The second-order valence-corrected chi connectivity index (χ2v) is 5.01. The van der Waals surface area contributed by atoms with E-state index in [4.69, 9.17) is 4.74 Å². The Bertz CT molecular complexity index is 464. The maximum absolute atomic E-state index is 12.2. The van der Waals surface area contributed by atoms with Crippen LogP contribution in [0.1, 0.15) is 31.9 Å². The minimum atomic E-state index is -4.66. The van der Waals surface area contributed by atoms with Crippen LogP contribution in [0.3, 0.4) is 0 Å². The number of ether oxygens (including phenoxy) is 2. The Kier molecular flexibility index (Phi) is 2.95. The maximum Gasteiger partial charge on any atom is 0.573 e. The van der Waals surface area contributed by atoms with Gasteiger partial charge in [0.1, 0.15) is 17.1 Å². The Hall–Kier alpha value is -1.39. The number of rotatable bonds is 2. The van der Waals surface area contributed by atoms with Gasteiger partial charge in [-0.25, -0.2) is 0 Å². The molecule has 2 rings (SSSR count). The molecule has 0 aromatic heterocycles. The van der Waals surface area contributed by atoms with Gasteiger partial charge < -0.3 is 9.47 Å². The Morgan fingerprint density at radius 3 is 2.56 bits per heavy atom. The van der Waals surface area contributed by atoms with Crippen LogP contribution in [0.15, 0.2) is 12.1 Å². The van der Waals surface area contributed by atoms with Gasteiger partial charge in [-0.15, -0.1) is 13.2 Å². The van der Waals surface area contributed by atoms with Crippen LogP contribution in [0.4, 0.5) is 13.2 Å². The second kappa shape index (κ2) is 4.07. The summed E-state index contributed by atoms with van der Waals surface area (Å²) in [5.41, 5.74) is 1.15.